The number of carbonyl (C=O) groups excluding carboxylic acids is 1. The van der Waals surface area contributed by atoms with Gasteiger partial charge >= 0.3 is 0 Å². The summed E-state index contributed by atoms with van der Waals surface area (Å²) in [4.78, 5) is 12.2. The van der Waals surface area contributed by atoms with Gasteiger partial charge in [0.15, 0.2) is 0 Å². The largest absolute Gasteiger partial charge is 0.496 e. The summed E-state index contributed by atoms with van der Waals surface area (Å²) in [6, 6.07) is 16.2. The number of ether oxygens (including phenoxy) is 1. The van der Waals surface area contributed by atoms with Crippen LogP contribution in [0.3, 0.4) is 0 Å². The molecule has 26 heavy (non-hydrogen) atoms. The molecule has 5 nitrogen and oxygen atoms in total. The van der Waals surface area contributed by atoms with E-state index in [1.165, 1.54) is 13.3 Å². The van der Waals surface area contributed by atoms with E-state index in [9.17, 15) is 4.79 Å². The Bertz CT molecular complexity index is 963. The Morgan fingerprint density at radius 3 is 2.77 bits per heavy atom. The number of hydrogen-bond acceptors (Lipinski definition) is 4. The Hall–Kier alpha value is -3.05. The topological polar surface area (TPSA) is 63.8 Å². The van der Waals surface area contributed by atoms with E-state index in [2.05, 4.69) is 10.5 Å². The number of carbonyl (C=O) groups is 1. The number of aryl methyl sites for hydroxylation is 1. The third-order valence-electron chi connectivity index (χ3n) is 3.79. The van der Waals surface area contributed by atoms with E-state index in [0.29, 0.717) is 27.9 Å². The molecule has 1 amide bonds. The molecule has 2 aromatic carbocycles. The average molecular weight is 369 g/mol. The molecular weight excluding hydrogens is 352 g/mol. The molecule has 0 aliphatic carbocycles. The summed E-state index contributed by atoms with van der Waals surface area (Å²) in [5, 5.41) is 4.61. The predicted octanol–water partition coefficient (Wildman–Crippen LogP) is 4.68. The lowest BCUT2D eigenvalue weighted by atomic mass is 10.1. The molecule has 0 unspecified atom stereocenters. The second-order valence-electron chi connectivity index (χ2n) is 5.57. The van der Waals surface area contributed by atoms with Crippen LogP contribution in [0.15, 0.2) is 64.1 Å². The molecule has 0 spiro atoms. The number of nitrogens with one attached hydrogen (secondary N) is 1. The van der Waals surface area contributed by atoms with Crippen LogP contribution < -0.4 is 10.2 Å². The van der Waals surface area contributed by atoms with Gasteiger partial charge in [-0.2, -0.15) is 5.10 Å². The van der Waals surface area contributed by atoms with Crippen LogP contribution in [0.2, 0.25) is 5.02 Å². The molecule has 0 saturated heterocycles. The molecule has 132 valence electrons. The van der Waals surface area contributed by atoms with Crippen molar-refractivity contribution >= 4 is 23.7 Å². The zero-order valence-electron chi connectivity index (χ0n) is 14.3. The number of para-hydroxylation sites is 1. The van der Waals surface area contributed by atoms with Gasteiger partial charge < -0.3 is 9.15 Å². The normalized spacial score (nSPS) is 10.9. The highest BCUT2D eigenvalue weighted by Crippen LogP contribution is 2.26. The highest BCUT2D eigenvalue weighted by Gasteiger charge is 2.10. The summed E-state index contributed by atoms with van der Waals surface area (Å²) in [6.07, 6.45) is 1.44. The SMILES string of the molecule is COc1ccccc1C(=O)N/N=C\c1ccc(-c2ccc(C)c(Cl)c2)o1. The van der Waals surface area contributed by atoms with E-state index in [1.807, 2.05) is 31.2 Å². The predicted molar refractivity (Wildman–Crippen MR) is 102 cm³/mol. The summed E-state index contributed by atoms with van der Waals surface area (Å²) < 4.78 is 10.9. The zero-order valence-corrected chi connectivity index (χ0v) is 15.1. The standard InChI is InChI=1S/C20H17ClN2O3/c1-13-7-8-14(11-17(13)21)18-10-9-15(26-18)12-22-23-20(24)16-5-3-4-6-19(16)25-2/h3-12H,1-2H3,(H,23,24)/b22-12-. The average Bonchev–Trinajstić information content (AvgIpc) is 3.12. The fourth-order valence-electron chi connectivity index (χ4n) is 2.37. The van der Waals surface area contributed by atoms with Gasteiger partial charge in [0.05, 0.1) is 18.9 Å². The molecule has 1 N–H and O–H groups in total. The number of rotatable bonds is 5. The lowest BCUT2D eigenvalue weighted by molar-refractivity contribution is 0.0952. The first-order chi connectivity index (χ1) is 12.6. The quantitative estimate of drug-likeness (QED) is 0.525. The van der Waals surface area contributed by atoms with Crippen molar-refractivity contribution in [1.29, 1.82) is 0 Å². The molecular formula is C20H17ClN2O3. The number of methoxy groups -OCH3 is 1. The Balaban J connectivity index is 1.69. The monoisotopic (exact) mass is 368 g/mol. The van der Waals surface area contributed by atoms with Gasteiger partial charge in [-0.3, -0.25) is 4.79 Å². The van der Waals surface area contributed by atoms with Crippen molar-refractivity contribution in [1.82, 2.24) is 5.43 Å². The van der Waals surface area contributed by atoms with Gasteiger partial charge in [-0.1, -0.05) is 35.9 Å². The molecule has 1 aromatic heterocycles. The molecule has 0 bridgehead atoms. The maximum absolute atomic E-state index is 12.2. The highest BCUT2D eigenvalue weighted by molar-refractivity contribution is 6.31. The lowest BCUT2D eigenvalue weighted by Crippen LogP contribution is -2.18. The molecule has 0 aliphatic heterocycles. The van der Waals surface area contributed by atoms with Crippen LogP contribution >= 0.6 is 11.6 Å². The van der Waals surface area contributed by atoms with Gasteiger partial charge in [-0.15, -0.1) is 0 Å². The molecule has 1 heterocycles. The first-order valence-corrected chi connectivity index (χ1v) is 8.29. The van der Waals surface area contributed by atoms with Gasteiger partial charge in [0.25, 0.3) is 5.91 Å². The van der Waals surface area contributed by atoms with Crippen molar-refractivity contribution in [3.63, 3.8) is 0 Å². The van der Waals surface area contributed by atoms with E-state index in [0.717, 1.165) is 11.1 Å². The maximum Gasteiger partial charge on any atom is 0.275 e. The van der Waals surface area contributed by atoms with E-state index in [-0.39, 0.29) is 5.91 Å². The first-order valence-electron chi connectivity index (χ1n) is 7.91. The van der Waals surface area contributed by atoms with Crippen molar-refractivity contribution in [2.45, 2.75) is 6.92 Å². The fraction of sp³-hybridized carbons (Fsp3) is 0.100. The Morgan fingerprint density at radius 1 is 1.19 bits per heavy atom. The lowest BCUT2D eigenvalue weighted by Gasteiger charge is -2.05. The van der Waals surface area contributed by atoms with E-state index in [4.69, 9.17) is 20.8 Å². The van der Waals surface area contributed by atoms with Gasteiger partial charge in [-0.25, -0.2) is 5.43 Å². The minimum Gasteiger partial charge on any atom is -0.496 e. The second kappa shape index (κ2) is 7.89. The summed E-state index contributed by atoms with van der Waals surface area (Å²) in [5.41, 5.74) is 4.74. The number of amides is 1. The fourth-order valence-corrected chi connectivity index (χ4v) is 2.55. The van der Waals surface area contributed by atoms with Gasteiger partial charge in [0.1, 0.15) is 17.3 Å². The van der Waals surface area contributed by atoms with Crippen molar-refractivity contribution < 1.29 is 13.9 Å². The Morgan fingerprint density at radius 2 is 2.00 bits per heavy atom. The van der Waals surface area contributed by atoms with Gasteiger partial charge in [0, 0.05) is 10.6 Å². The summed E-state index contributed by atoms with van der Waals surface area (Å²) >= 11 is 6.15. The van der Waals surface area contributed by atoms with E-state index >= 15 is 0 Å². The van der Waals surface area contributed by atoms with E-state index in [1.54, 1.807) is 30.3 Å². The first kappa shape index (κ1) is 17.8. The number of furan rings is 1. The van der Waals surface area contributed by atoms with Gasteiger partial charge in [0.2, 0.25) is 0 Å². The van der Waals surface area contributed by atoms with Crippen molar-refractivity contribution in [3.8, 4) is 17.1 Å². The zero-order chi connectivity index (χ0) is 18.5. The van der Waals surface area contributed by atoms with Crippen LogP contribution in [0.25, 0.3) is 11.3 Å². The summed E-state index contributed by atoms with van der Waals surface area (Å²) in [7, 11) is 1.51. The smallest absolute Gasteiger partial charge is 0.275 e. The Labute approximate surface area is 156 Å². The van der Waals surface area contributed by atoms with Crippen LogP contribution in [0.4, 0.5) is 0 Å². The van der Waals surface area contributed by atoms with Crippen LogP contribution in [0.5, 0.6) is 5.75 Å². The highest BCUT2D eigenvalue weighted by atomic mass is 35.5. The molecule has 3 aromatic rings. The minimum atomic E-state index is -0.365. The number of benzene rings is 2. The number of hydrogen-bond donors (Lipinski definition) is 1. The Kier molecular flexibility index (Phi) is 5.39. The third kappa shape index (κ3) is 3.95. The summed E-state index contributed by atoms with van der Waals surface area (Å²) in [6.45, 7) is 1.94. The van der Waals surface area contributed by atoms with Crippen LogP contribution in [-0.2, 0) is 0 Å². The third-order valence-corrected chi connectivity index (χ3v) is 4.20. The van der Waals surface area contributed by atoms with E-state index < -0.39 is 0 Å². The molecule has 0 aliphatic rings. The van der Waals surface area contributed by atoms with Gasteiger partial charge in [-0.05, 0) is 42.8 Å². The minimum absolute atomic E-state index is 0.365. The van der Waals surface area contributed by atoms with Crippen LogP contribution in [0, 0.1) is 6.92 Å². The summed E-state index contributed by atoms with van der Waals surface area (Å²) in [5.74, 6) is 1.30. The van der Waals surface area contributed by atoms with Crippen LogP contribution in [-0.4, -0.2) is 19.2 Å². The molecule has 0 fully saturated rings. The molecule has 3 rings (SSSR count). The van der Waals surface area contributed by atoms with Crippen molar-refractivity contribution in [3.05, 3.63) is 76.5 Å². The second-order valence-corrected chi connectivity index (χ2v) is 5.97. The number of hydrazone groups is 1. The van der Waals surface area contributed by atoms with Crippen molar-refractivity contribution in [2.75, 3.05) is 7.11 Å². The number of halogens is 1. The van der Waals surface area contributed by atoms with Crippen LogP contribution in [0.1, 0.15) is 21.7 Å². The molecule has 6 heteroatoms. The molecule has 0 saturated carbocycles. The maximum atomic E-state index is 12.2. The molecule has 0 radical (unpaired) electrons. The number of nitrogens with zero attached hydrogens (tertiary/aromatic N) is 1. The van der Waals surface area contributed by atoms with Crippen molar-refractivity contribution in [2.24, 2.45) is 5.10 Å². The molecule has 0 atom stereocenters.